The third-order valence-corrected chi connectivity index (χ3v) is 3.64. The molecule has 0 saturated carbocycles. The maximum atomic E-state index is 14.2. The highest BCUT2D eigenvalue weighted by molar-refractivity contribution is 5.51. The first-order valence-corrected chi connectivity index (χ1v) is 6.88. The van der Waals surface area contributed by atoms with Gasteiger partial charge in [-0.3, -0.25) is 0 Å². The molecule has 1 saturated heterocycles. The number of anilines is 1. The minimum atomic E-state index is -0.452. The van der Waals surface area contributed by atoms with Gasteiger partial charge in [-0.05, 0) is 43.0 Å². The molecule has 0 aliphatic carbocycles. The van der Waals surface area contributed by atoms with Gasteiger partial charge in [0, 0.05) is 19.6 Å². The van der Waals surface area contributed by atoms with Crippen LogP contribution in [0, 0.1) is 23.5 Å². The summed E-state index contributed by atoms with van der Waals surface area (Å²) in [4.78, 5) is 1.85. The van der Waals surface area contributed by atoms with Gasteiger partial charge in [0.1, 0.15) is 17.3 Å². The summed E-state index contributed by atoms with van der Waals surface area (Å²) in [6.07, 6.45) is 1.12. The number of hydrogen-bond acceptors (Lipinski definition) is 2. The van der Waals surface area contributed by atoms with E-state index in [0.29, 0.717) is 23.9 Å². The maximum absolute atomic E-state index is 14.2. The number of rotatable bonds is 3. The zero-order valence-corrected chi connectivity index (χ0v) is 11.8. The minimum Gasteiger partial charge on any atom is -0.366 e. The highest BCUT2D eigenvalue weighted by atomic mass is 19.1. The van der Waals surface area contributed by atoms with Crippen LogP contribution >= 0.6 is 0 Å². The minimum absolute atomic E-state index is 0.137. The van der Waals surface area contributed by atoms with E-state index in [9.17, 15) is 8.78 Å². The Morgan fingerprint density at radius 1 is 1.16 bits per heavy atom. The van der Waals surface area contributed by atoms with Crippen LogP contribution in [0.25, 0.3) is 0 Å². The molecular formula is C15H22F2N2. The smallest absolute Gasteiger partial charge is 0.149 e. The Morgan fingerprint density at radius 3 is 2.16 bits per heavy atom. The van der Waals surface area contributed by atoms with E-state index in [0.717, 1.165) is 19.5 Å². The van der Waals surface area contributed by atoms with Crippen LogP contribution in [0.1, 0.15) is 25.8 Å². The predicted molar refractivity (Wildman–Crippen MR) is 74.3 cm³/mol. The average Bonchev–Trinajstić information content (AvgIpc) is 2.26. The third-order valence-electron chi connectivity index (χ3n) is 3.64. The van der Waals surface area contributed by atoms with E-state index in [1.165, 1.54) is 12.1 Å². The Hall–Kier alpha value is -1.16. The third kappa shape index (κ3) is 3.24. The van der Waals surface area contributed by atoms with Gasteiger partial charge in [-0.1, -0.05) is 13.8 Å². The van der Waals surface area contributed by atoms with Crippen LogP contribution in [0.3, 0.4) is 0 Å². The predicted octanol–water partition coefficient (Wildman–Crippen LogP) is 3.17. The van der Waals surface area contributed by atoms with Crippen LogP contribution in [-0.4, -0.2) is 20.1 Å². The van der Waals surface area contributed by atoms with Gasteiger partial charge in [-0.2, -0.15) is 0 Å². The van der Waals surface area contributed by atoms with Gasteiger partial charge in [0.2, 0.25) is 0 Å². The highest BCUT2D eigenvalue weighted by Gasteiger charge is 2.26. The second-order valence-electron chi connectivity index (χ2n) is 5.79. The fourth-order valence-electron chi connectivity index (χ4n) is 3.07. The molecule has 0 aromatic heterocycles. The Bertz CT molecular complexity index is 415. The summed E-state index contributed by atoms with van der Waals surface area (Å²) in [6, 6.07) is 2.86. The van der Waals surface area contributed by atoms with Crippen LogP contribution in [0.2, 0.25) is 0 Å². The topological polar surface area (TPSA) is 15.3 Å². The number of hydrogen-bond donors (Lipinski definition) is 1. The molecular weight excluding hydrogens is 246 g/mol. The molecule has 1 N–H and O–H groups in total. The van der Waals surface area contributed by atoms with Gasteiger partial charge in [-0.15, -0.1) is 0 Å². The van der Waals surface area contributed by atoms with E-state index in [1.807, 2.05) is 4.90 Å². The molecule has 4 heteroatoms. The van der Waals surface area contributed by atoms with Crippen molar-refractivity contribution in [1.82, 2.24) is 5.32 Å². The van der Waals surface area contributed by atoms with E-state index in [2.05, 4.69) is 19.2 Å². The lowest BCUT2D eigenvalue weighted by Crippen LogP contribution is -2.39. The molecule has 2 atom stereocenters. The normalized spacial score (nSPS) is 23.7. The van der Waals surface area contributed by atoms with E-state index in [-0.39, 0.29) is 5.69 Å². The fourth-order valence-corrected chi connectivity index (χ4v) is 3.07. The summed E-state index contributed by atoms with van der Waals surface area (Å²) >= 11 is 0. The lowest BCUT2D eigenvalue weighted by Gasteiger charge is -2.37. The summed E-state index contributed by atoms with van der Waals surface area (Å²) in [7, 11) is 1.76. The molecule has 0 amide bonds. The van der Waals surface area contributed by atoms with Crippen molar-refractivity contribution in [3.05, 3.63) is 29.3 Å². The maximum Gasteiger partial charge on any atom is 0.149 e. The molecule has 1 aromatic rings. The first-order valence-electron chi connectivity index (χ1n) is 6.88. The first kappa shape index (κ1) is 14.3. The fraction of sp³-hybridized carbons (Fsp3) is 0.600. The quantitative estimate of drug-likeness (QED) is 0.906. The molecule has 0 spiro atoms. The number of nitrogens with one attached hydrogen (secondary N) is 1. The monoisotopic (exact) mass is 268 g/mol. The highest BCUT2D eigenvalue weighted by Crippen LogP contribution is 2.31. The Labute approximate surface area is 113 Å². The van der Waals surface area contributed by atoms with Crippen molar-refractivity contribution in [2.24, 2.45) is 11.8 Å². The molecule has 2 nitrogen and oxygen atoms in total. The van der Waals surface area contributed by atoms with Gasteiger partial charge in [0.15, 0.2) is 0 Å². The van der Waals surface area contributed by atoms with Gasteiger partial charge in [-0.25, -0.2) is 8.78 Å². The molecule has 1 fully saturated rings. The van der Waals surface area contributed by atoms with Crippen molar-refractivity contribution in [3.8, 4) is 0 Å². The van der Waals surface area contributed by atoms with Crippen molar-refractivity contribution in [2.75, 3.05) is 25.0 Å². The number of nitrogens with zero attached hydrogens (tertiary/aromatic N) is 1. The van der Waals surface area contributed by atoms with Gasteiger partial charge in [0.05, 0.1) is 0 Å². The summed E-state index contributed by atoms with van der Waals surface area (Å²) in [5.41, 5.74) is 0.776. The van der Waals surface area contributed by atoms with Crippen LogP contribution in [0.5, 0.6) is 0 Å². The van der Waals surface area contributed by atoms with Crippen molar-refractivity contribution in [2.45, 2.75) is 26.8 Å². The molecule has 1 aliphatic heterocycles. The van der Waals surface area contributed by atoms with E-state index in [4.69, 9.17) is 0 Å². The molecule has 1 aliphatic rings. The molecule has 0 radical (unpaired) electrons. The van der Waals surface area contributed by atoms with Crippen molar-refractivity contribution in [3.63, 3.8) is 0 Å². The van der Waals surface area contributed by atoms with Gasteiger partial charge < -0.3 is 10.2 Å². The zero-order valence-electron chi connectivity index (χ0n) is 11.8. The second kappa shape index (κ2) is 5.87. The van der Waals surface area contributed by atoms with Gasteiger partial charge in [0.25, 0.3) is 0 Å². The SMILES string of the molecule is CNCc1cc(F)c(N2CC(C)CC(C)C2)c(F)c1. The second-order valence-corrected chi connectivity index (χ2v) is 5.79. The summed E-state index contributed by atoms with van der Waals surface area (Å²) in [5, 5.41) is 2.90. The molecule has 2 rings (SSSR count). The summed E-state index contributed by atoms with van der Waals surface area (Å²) in [6.45, 7) is 6.19. The lowest BCUT2D eigenvalue weighted by molar-refractivity contribution is 0.351. The summed E-state index contributed by atoms with van der Waals surface area (Å²) in [5.74, 6) is 0.0390. The average molecular weight is 268 g/mol. The van der Waals surface area contributed by atoms with Crippen LogP contribution in [-0.2, 0) is 6.54 Å². The van der Waals surface area contributed by atoms with E-state index < -0.39 is 11.6 Å². The standard InChI is InChI=1S/C15H22F2N2/c1-10-4-11(2)9-19(8-10)15-13(16)5-12(7-18-3)6-14(15)17/h5-6,10-11,18H,4,7-9H2,1-3H3. The van der Waals surface area contributed by atoms with Crippen molar-refractivity contribution >= 4 is 5.69 Å². The van der Waals surface area contributed by atoms with E-state index >= 15 is 0 Å². The Morgan fingerprint density at radius 2 is 1.68 bits per heavy atom. The van der Waals surface area contributed by atoms with Crippen molar-refractivity contribution < 1.29 is 8.78 Å². The van der Waals surface area contributed by atoms with E-state index in [1.54, 1.807) is 7.05 Å². The van der Waals surface area contributed by atoms with Gasteiger partial charge >= 0.3 is 0 Å². The lowest BCUT2D eigenvalue weighted by atomic mass is 9.91. The number of halogens is 2. The van der Waals surface area contributed by atoms with Crippen LogP contribution < -0.4 is 10.2 Å². The molecule has 2 unspecified atom stereocenters. The molecule has 0 bridgehead atoms. The molecule has 19 heavy (non-hydrogen) atoms. The Balaban J connectivity index is 2.29. The molecule has 1 heterocycles. The number of piperidine rings is 1. The zero-order chi connectivity index (χ0) is 14.0. The van der Waals surface area contributed by atoms with Crippen molar-refractivity contribution in [1.29, 1.82) is 0 Å². The largest absolute Gasteiger partial charge is 0.366 e. The first-order chi connectivity index (χ1) is 9.01. The van der Waals surface area contributed by atoms with Crippen LogP contribution in [0.15, 0.2) is 12.1 Å². The number of benzene rings is 1. The summed E-state index contributed by atoms with van der Waals surface area (Å²) < 4.78 is 28.3. The molecule has 106 valence electrons. The van der Waals surface area contributed by atoms with Crippen LogP contribution in [0.4, 0.5) is 14.5 Å². The molecule has 1 aromatic carbocycles. The Kier molecular flexibility index (Phi) is 4.40.